The van der Waals surface area contributed by atoms with E-state index in [9.17, 15) is 13.6 Å². The predicted molar refractivity (Wildman–Crippen MR) is 107 cm³/mol. The summed E-state index contributed by atoms with van der Waals surface area (Å²) in [4.78, 5) is 13.0. The number of amides is 1. The van der Waals surface area contributed by atoms with E-state index < -0.39 is 17.7 Å². The fourth-order valence-corrected chi connectivity index (χ4v) is 4.25. The van der Waals surface area contributed by atoms with Crippen LogP contribution in [-0.4, -0.2) is 30.6 Å². The first kappa shape index (κ1) is 20.8. The Morgan fingerprint density at radius 2 is 1.96 bits per heavy atom. The third-order valence-electron chi connectivity index (χ3n) is 4.07. The van der Waals surface area contributed by atoms with Gasteiger partial charge in [-0.15, -0.1) is 16.9 Å². The van der Waals surface area contributed by atoms with E-state index >= 15 is 0 Å². The lowest BCUT2D eigenvalue weighted by molar-refractivity contribution is 0.0942. The van der Waals surface area contributed by atoms with Crippen LogP contribution in [0.15, 0.2) is 29.4 Å². The van der Waals surface area contributed by atoms with Gasteiger partial charge in [0.05, 0.1) is 10.6 Å². The Kier molecular flexibility index (Phi) is 6.41. The summed E-state index contributed by atoms with van der Waals surface area (Å²) in [5.41, 5.74) is 12.9. The first-order valence-corrected chi connectivity index (χ1v) is 9.76. The van der Waals surface area contributed by atoms with E-state index in [2.05, 4.69) is 16.3 Å². The van der Waals surface area contributed by atoms with Crippen LogP contribution in [0.2, 0.25) is 4.34 Å². The average Bonchev–Trinajstić information content (AvgIpc) is 3.15. The Bertz CT molecular complexity index is 916. The fourth-order valence-electron chi connectivity index (χ4n) is 2.80. The molecular weight excluding hydrogens is 431 g/mol. The maximum Gasteiger partial charge on any atom is 0.261 e. The largest absolute Gasteiger partial charge is 0.347 e. The van der Waals surface area contributed by atoms with E-state index in [1.54, 1.807) is 18.1 Å². The molecule has 11 heteroatoms. The van der Waals surface area contributed by atoms with Crippen LogP contribution in [0, 0.1) is 11.6 Å². The van der Waals surface area contributed by atoms with Crippen LogP contribution in [0.4, 0.5) is 8.78 Å². The highest BCUT2D eigenvalue weighted by Crippen LogP contribution is 2.36. The molecule has 6 nitrogen and oxygen atoms in total. The molecule has 1 aliphatic heterocycles. The van der Waals surface area contributed by atoms with Crippen molar-refractivity contribution in [3.8, 4) is 0 Å². The minimum atomic E-state index is -0.681. The number of hydrogen-bond donors (Lipinski definition) is 4. The molecule has 2 heterocycles. The zero-order valence-electron chi connectivity index (χ0n) is 14.7. The lowest BCUT2D eigenvalue weighted by Gasteiger charge is -2.16. The molecule has 2 aromatic rings. The van der Waals surface area contributed by atoms with Gasteiger partial charge in [0.25, 0.3) is 5.91 Å². The van der Waals surface area contributed by atoms with Gasteiger partial charge in [0.15, 0.2) is 0 Å². The van der Waals surface area contributed by atoms with Crippen molar-refractivity contribution in [2.45, 2.75) is 12.5 Å². The number of nitrogens with two attached hydrogens (primary N) is 1. The molecule has 5 N–H and O–H groups in total. The Balaban J connectivity index is 1.75. The van der Waals surface area contributed by atoms with Crippen LogP contribution in [0.25, 0.3) is 5.70 Å². The molecule has 3 rings (SSSR count). The van der Waals surface area contributed by atoms with Crippen LogP contribution in [0.1, 0.15) is 20.8 Å². The summed E-state index contributed by atoms with van der Waals surface area (Å²) in [5.74, 6) is -1.75. The molecule has 150 valence electrons. The smallest absolute Gasteiger partial charge is 0.261 e. The van der Waals surface area contributed by atoms with Crippen LogP contribution >= 0.6 is 34.5 Å². The van der Waals surface area contributed by atoms with E-state index in [0.717, 1.165) is 17.4 Å². The second-order valence-corrected chi connectivity index (χ2v) is 8.18. The average molecular weight is 448 g/mol. The highest BCUT2D eigenvalue weighted by atomic mass is 35.5. The summed E-state index contributed by atoms with van der Waals surface area (Å²) in [5, 5.41) is 4.76. The van der Waals surface area contributed by atoms with Crippen molar-refractivity contribution < 1.29 is 13.6 Å². The van der Waals surface area contributed by atoms with Gasteiger partial charge in [-0.3, -0.25) is 15.2 Å². The monoisotopic (exact) mass is 447 g/mol. The number of thiophene rings is 1. The number of rotatable bonds is 6. The molecule has 1 amide bonds. The van der Waals surface area contributed by atoms with Gasteiger partial charge >= 0.3 is 0 Å². The fraction of sp³-hybridized carbons (Fsp3) is 0.235. The Hall–Kier alpha value is -1.91. The number of hydrogen-bond acceptors (Lipinski definition) is 6. The number of carbonyl (C=O) groups excluding carboxylic acids is 1. The number of halogens is 4. The number of nitrogens with zero attached hydrogens (tertiary/aromatic N) is 1. The molecule has 0 aliphatic carbocycles. The SMILES string of the molecule is CN1NNC(Cl)=C1c1cc(C(=O)N[C@H](CN)Cc2cc(F)cc(F)c2)sc1Cl. The van der Waals surface area contributed by atoms with E-state index in [-0.39, 0.29) is 18.9 Å². The molecule has 1 aliphatic rings. The molecule has 0 radical (unpaired) electrons. The molecule has 1 aromatic heterocycles. The van der Waals surface area contributed by atoms with Crippen molar-refractivity contribution >= 4 is 46.1 Å². The molecular formula is C17H17Cl2F2N5OS. The first-order chi connectivity index (χ1) is 13.3. The van der Waals surface area contributed by atoms with Gasteiger partial charge < -0.3 is 11.1 Å². The van der Waals surface area contributed by atoms with Crippen LogP contribution in [0.5, 0.6) is 0 Å². The lowest BCUT2D eigenvalue weighted by atomic mass is 10.1. The van der Waals surface area contributed by atoms with Crippen molar-refractivity contribution in [2.75, 3.05) is 13.6 Å². The molecule has 1 aromatic carbocycles. The molecule has 0 spiro atoms. The van der Waals surface area contributed by atoms with E-state index in [1.165, 1.54) is 12.1 Å². The van der Waals surface area contributed by atoms with E-state index in [1.807, 2.05) is 0 Å². The number of benzene rings is 1. The van der Waals surface area contributed by atoms with Gasteiger partial charge in [0, 0.05) is 31.3 Å². The van der Waals surface area contributed by atoms with Gasteiger partial charge in [-0.25, -0.2) is 8.78 Å². The molecule has 0 bridgehead atoms. The number of carbonyl (C=O) groups is 1. The van der Waals surface area contributed by atoms with Crippen molar-refractivity contribution in [3.63, 3.8) is 0 Å². The maximum atomic E-state index is 13.4. The Morgan fingerprint density at radius 1 is 1.29 bits per heavy atom. The maximum absolute atomic E-state index is 13.4. The second-order valence-electron chi connectivity index (χ2n) is 6.14. The standard InChI is InChI=1S/C17H17Cl2F2N5OS/c1-26-14(15(18)24-25-26)12-6-13(28-16(12)19)17(27)23-11(7-22)4-8-2-9(20)5-10(21)3-8/h2-3,5-6,11,24-25H,4,7,22H2,1H3,(H,23,27)/t11-/m0/s1. The summed E-state index contributed by atoms with van der Waals surface area (Å²) in [7, 11) is 1.74. The van der Waals surface area contributed by atoms with E-state index in [4.69, 9.17) is 28.9 Å². The third kappa shape index (κ3) is 4.56. The van der Waals surface area contributed by atoms with Crippen molar-refractivity contribution in [1.29, 1.82) is 0 Å². The zero-order chi connectivity index (χ0) is 20.4. The van der Waals surface area contributed by atoms with Crippen molar-refractivity contribution in [2.24, 2.45) is 5.73 Å². The minimum Gasteiger partial charge on any atom is -0.347 e. The molecule has 28 heavy (non-hydrogen) atoms. The predicted octanol–water partition coefficient (Wildman–Crippen LogP) is 2.80. The zero-order valence-corrected chi connectivity index (χ0v) is 17.0. The summed E-state index contributed by atoms with van der Waals surface area (Å²) < 4.78 is 27.1. The quantitative estimate of drug-likeness (QED) is 0.511. The molecule has 0 fully saturated rings. The number of nitrogens with one attached hydrogen (secondary N) is 3. The molecule has 0 saturated carbocycles. The summed E-state index contributed by atoms with van der Waals surface area (Å²) in [6, 6.07) is 4.34. The summed E-state index contributed by atoms with van der Waals surface area (Å²) in [6.07, 6.45) is 0.191. The highest BCUT2D eigenvalue weighted by molar-refractivity contribution is 7.18. The van der Waals surface area contributed by atoms with Crippen LogP contribution < -0.4 is 22.0 Å². The summed E-state index contributed by atoms with van der Waals surface area (Å²) in [6.45, 7) is 0.101. The molecule has 1 atom stereocenters. The Morgan fingerprint density at radius 3 is 2.54 bits per heavy atom. The van der Waals surface area contributed by atoms with Gasteiger partial charge in [-0.2, -0.15) is 0 Å². The molecule has 0 saturated heterocycles. The Labute approximate surface area is 174 Å². The highest BCUT2D eigenvalue weighted by Gasteiger charge is 2.25. The minimum absolute atomic E-state index is 0.101. The van der Waals surface area contributed by atoms with E-state index in [0.29, 0.717) is 31.2 Å². The summed E-state index contributed by atoms with van der Waals surface area (Å²) >= 11 is 13.5. The van der Waals surface area contributed by atoms with Crippen molar-refractivity contribution in [1.82, 2.24) is 21.3 Å². The van der Waals surface area contributed by atoms with Gasteiger partial charge in [-0.05, 0) is 30.2 Å². The van der Waals surface area contributed by atoms with Crippen molar-refractivity contribution in [3.05, 3.63) is 61.4 Å². The van der Waals surface area contributed by atoms with Gasteiger partial charge in [-0.1, -0.05) is 23.2 Å². The number of hydrazine groups is 2. The topological polar surface area (TPSA) is 82.4 Å². The van der Waals surface area contributed by atoms with Crippen LogP contribution in [-0.2, 0) is 6.42 Å². The lowest BCUT2D eigenvalue weighted by Crippen LogP contribution is -2.41. The second kappa shape index (κ2) is 8.62. The third-order valence-corrected chi connectivity index (χ3v) is 5.70. The van der Waals surface area contributed by atoms with Gasteiger partial charge in [0.1, 0.15) is 21.1 Å². The van der Waals surface area contributed by atoms with Crippen LogP contribution in [0.3, 0.4) is 0 Å². The first-order valence-electron chi connectivity index (χ1n) is 8.19. The normalized spacial score (nSPS) is 15.0. The molecule has 0 unspecified atom stereocenters. The van der Waals surface area contributed by atoms with Gasteiger partial charge in [0.2, 0.25) is 0 Å².